The number of nitrogen functional groups attached to an aromatic ring is 1. The van der Waals surface area contributed by atoms with Crippen LogP contribution in [0.4, 0.5) is 5.82 Å². The van der Waals surface area contributed by atoms with E-state index in [2.05, 4.69) is 10.4 Å². The number of thioether (sulfide) groups is 1. The summed E-state index contributed by atoms with van der Waals surface area (Å²) in [5.74, 6) is 8.18. The second-order valence-corrected chi connectivity index (χ2v) is 6.20. The maximum atomic E-state index is 12.6. The molecule has 1 aliphatic heterocycles. The highest BCUT2D eigenvalue weighted by molar-refractivity contribution is 7.99. The second kappa shape index (κ2) is 6.32. The molecule has 0 bridgehead atoms. The number of amides is 1. The minimum absolute atomic E-state index is 0.0141. The van der Waals surface area contributed by atoms with Crippen LogP contribution in [-0.2, 0) is 0 Å². The molecule has 110 valence electrons. The number of nitrogens with zero attached hydrogens (tertiary/aromatic N) is 2. The van der Waals surface area contributed by atoms with Gasteiger partial charge in [0.2, 0.25) is 0 Å². The van der Waals surface area contributed by atoms with Crippen LogP contribution in [0.1, 0.15) is 16.9 Å². The highest BCUT2D eigenvalue weighted by atomic mass is 32.2. The lowest BCUT2D eigenvalue weighted by molar-refractivity contribution is 0.0763. The first-order valence-corrected chi connectivity index (χ1v) is 8.18. The van der Waals surface area contributed by atoms with E-state index in [0.717, 1.165) is 41.8 Å². The van der Waals surface area contributed by atoms with E-state index in [1.807, 2.05) is 47.0 Å². The van der Waals surface area contributed by atoms with Crippen molar-refractivity contribution in [2.75, 3.05) is 30.0 Å². The van der Waals surface area contributed by atoms with Crippen molar-refractivity contribution in [1.29, 1.82) is 0 Å². The van der Waals surface area contributed by atoms with Crippen molar-refractivity contribution in [3.63, 3.8) is 0 Å². The lowest BCUT2D eigenvalue weighted by atomic mass is 10.1. The molecule has 0 unspecified atom stereocenters. The molecule has 21 heavy (non-hydrogen) atoms. The van der Waals surface area contributed by atoms with E-state index in [4.69, 9.17) is 5.84 Å². The summed E-state index contributed by atoms with van der Waals surface area (Å²) in [6, 6.07) is 9.62. The topological polar surface area (TPSA) is 71.2 Å². The summed E-state index contributed by atoms with van der Waals surface area (Å²) >= 11 is 1.90. The Balaban J connectivity index is 1.97. The summed E-state index contributed by atoms with van der Waals surface area (Å²) in [5, 5.41) is 1.89. The van der Waals surface area contributed by atoms with E-state index in [0.29, 0.717) is 11.5 Å². The van der Waals surface area contributed by atoms with Crippen LogP contribution >= 0.6 is 11.8 Å². The van der Waals surface area contributed by atoms with Crippen LogP contribution in [-0.4, -0.2) is 40.4 Å². The molecule has 1 aromatic carbocycles. The zero-order valence-electron chi connectivity index (χ0n) is 11.7. The van der Waals surface area contributed by atoms with Gasteiger partial charge in [-0.05, 0) is 23.6 Å². The molecule has 1 fully saturated rings. The Morgan fingerprint density at radius 2 is 2.14 bits per heavy atom. The zero-order valence-corrected chi connectivity index (χ0v) is 12.5. The number of pyridine rings is 1. The van der Waals surface area contributed by atoms with Crippen LogP contribution in [0, 0.1) is 0 Å². The number of nitrogens with two attached hydrogens (primary N) is 1. The minimum Gasteiger partial charge on any atom is -0.336 e. The number of nitrogens with one attached hydrogen (secondary N) is 1. The number of rotatable bonds is 2. The van der Waals surface area contributed by atoms with Crippen LogP contribution in [0.15, 0.2) is 30.3 Å². The number of hydrogen-bond donors (Lipinski definition) is 2. The Bertz CT molecular complexity index is 653. The molecule has 0 saturated carbocycles. The number of aromatic nitrogens is 1. The van der Waals surface area contributed by atoms with Crippen molar-refractivity contribution < 1.29 is 4.79 Å². The lowest BCUT2D eigenvalue weighted by Crippen LogP contribution is -2.33. The van der Waals surface area contributed by atoms with Gasteiger partial charge in [-0.1, -0.05) is 24.3 Å². The number of carbonyl (C=O) groups excluding carboxylic acids is 1. The number of hydrogen-bond acceptors (Lipinski definition) is 5. The van der Waals surface area contributed by atoms with Gasteiger partial charge >= 0.3 is 0 Å². The fourth-order valence-electron chi connectivity index (χ4n) is 2.53. The normalized spacial score (nSPS) is 15.8. The number of hydrazine groups is 1. The molecule has 0 spiro atoms. The van der Waals surface area contributed by atoms with Crippen molar-refractivity contribution in [2.24, 2.45) is 5.84 Å². The molecule has 3 N–H and O–H groups in total. The molecule has 1 aromatic heterocycles. The van der Waals surface area contributed by atoms with E-state index in [1.165, 1.54) is 0 Å². The van der Waals surface area contributed by atoms with Crippen LogP contribution in [0.3, 0.4) is 0 Å². The molecule has 2 aromatic rings. The fraction of sp³-hybridized carbons (Fsp3) is 0.333. The fourth-order valence-corrected chi connectivity index (χ4v) is 3.42. The summed E-state index contributed by atoms with van der Waals surface area (Å²) in [6.07, 6.45) is 1.03. The third-order valence-corrected chi connectivity index (χ3v) is 4.65. The van der Waals surface area contributed by atoms with E-state index < -0.39 is 0 Å². The standard InChI is InChI=1S/C15H18N4OS/c16-18-14-12-5-2-1-4-11(12)10-13(17-14)15(20)19-6-3-8-21-9-7-19/h1-2,4-5,10H,3,6-9,16H2,(H,17,18). The third kappa shape index (κ3) is 2.96. The van der Waals surface area contributed by atoms with Crippen LogP contribution in [0.2, 0.25) is 0 Å². The van der Waals surface area contributed by atoms with Crippen molar-refractivity contribution >= 4 is 34.3 Å². The van der Waals surface area contributed by atoms with Crippen molar-refractivity contribution in [2.45, 2.75) is 6.42 Å². The molecule has 1 aliphatic rings. The van der Waals surface area contributed by atoms with Gasteiger partial charge in [0.1, 0.15) is 11.5 Å². The lowest BCUT2D eigenvalue weighted by Gasteiger charge is -2.20. The summed E-state index contributed by atoms with van der Waals surface area (Å²) in [6.45, 7) is 1.58. The second-order valence-electron chi connectivity index (χ2n) is 4.98. The molecule has 1 amide bonds. The predicted octanol–water partition coefficient (Wildman–Crippen LogP) is 2.10. The zero-order chi connectivity index (χ0) is 14.7. The van der Waals surface area contributed by atoms with Crippen molar-refractivity contribution in [1.82, 2.24) is 9.88 Å². The van der Waals surface area contributed by atoms with Gasteiger partial charge in [0.25, 0.3) is 5.91 Å². The first kappa shape index (κ1) is 14.2. The maximum Gasteiger partial charge on any atom is 0.272 e. The van der Waals surface area contributed by atoms with Crippen LogP contribution < -0.4 is 11.3 Å². The summed E-state index contributed by atoms with van der Waals surface area (Å²) < 4.78 is 0. The molecule has 6 heteroatoms. The SMILES string of the molecule is NNc1nc(C(=O)N2CCCSCC2)cc2ccccc12. The Kier molecular flexibility index (Phi) is 4.26. The molecule has 3 rings (SSSR count). The average Bonchev–Trinajstić information content (AvgIpc) is 2.82. The minimum atomic E-state index is -0.0141. The number of fused-ring (bicyclic) bond motifs is 1. The summed E-state index contributed by atoms with van der Waals surface area (Å²) in [4.78, 5) is 18.9. The predicted molar refractivity (Wildman–Crippen MR) is 87.4 cm³/mol. The quantitative estimate of drug-likeness (QED) is 0.656. The van der Waals surface area contributed by atoms with Gasteiger partial charge in [0.05, 0.1) is 0 Å². The molecule has 0 radical (unpaired) electrons. The molecular weight excluding hydrogens is 284 g/mol. The van der Waals surface area contributed by atoms with Crippen molar-refractivity contribution in [3.8, 4) is 0 Å². The Hall–Kier alpha value is -1.79. The number of carbonyl (C=O) groups is 1. The highest BCUT2D eigenvalue weighted by Gasteiger charge is 2.20. The monoisotopic (exact) mass is 302 g/mol. The van der Waals surface area contributed by atoms with Crippen LogP contribution in [0.25, 0.3) is 10.8 Å². The molecule has 0 aliphatic carbocycles. The Labute approximate surface area is 127 Å². The number of anilines is 1. The summed E-state index contributed by atoms with van der Waals surface area (Å²) in [7, 11) is 0. The van der Waals surface area contributed by atoms with Gasteiger partial charge in [-0.25, -0.2) is 10.8 Å². The summed E-state index contributed by atoms with van der Waals surface area (Å²) in [5.41, 5.74) is 3.05. The van der Waals surface area contributed by atoms with E-state index in [-0.39, 0.29) is 5.91 Å². The van der Waals surface area contributed by atoms with Crippen molar-refractivity contribution in [3.05, 3.63) is 36.0 Å². The van der Waals surface area contributed by atoms with Crippen LogP contribution in [0.5, 0.6) is 0 Å². The largest absolute Gasteiger partial charge is 0.336 e. The van der Waals surface area contributed by atoms with E-state index in [9.17, 15) is 4.79 Å². The molecular formula is C15H18N4OS. The molecule has 0 atom stereocenters. The van der Waals surface area contributed by atoms with Gasteiger partial charge in [0.15, 0.2) is 0 Å². The van der Waals surface area contributed by atoms with Gasteiger partial charge < -0.3 is 10.3 Å². The molecule has 5 nitrogen and oxygen atoms in total. The maximum absolute atomic E-state index is 12.6. The van der Waals surface area contributed by atoms with E-state index in [1.54, 1.807) is 0 Å². The average molecular weight is 302 g/mol. The van der Waals surface area contributed by atoms with Gasteiger partial charge in [-0.15, -0.1) is 0 Å². The number of benzene rings is 1. The first-order valence-electron chi connectivity index (χ1n) is 7.03. The smallest absolute Gasteiger partial charge is 0.272 e. The first-order chi connectivity index (χ1) is 10.3. The highest BCUT2D eigenvalue weighted by Crippen LogP contribution is 2.23. The van der Waals surface area contributed by atoms with Gasteiger partial charge in [-0.3, -0.25) is 4.79 Å². The molecule has 2 heterocycles. The third-order valence-electron chi connectivity index (χ3n) is 3.61. The van der Waals surface area contributed by atoms with E-state index >= 15 is 0 Å². The Morgan fingerprint density at radius 1 is 1.29 bits per heavy atom. The molecule has 1 saturated heterocycles. The van der Waals surface area contributed by atoms with Gasteiger partial charge in [-0.2, -0.15) is 11.8 Å². The Morgan fingerprint density at radius 3 is 3.00 bits per heavy atom. The van der Waals surface area contributed by atoms with Gasteiger partial charge in [0, 0.05) is 24.2 Å².